The molecule has 0 bridgehead atoms. The van der Waals surface area contributed by atoms with E-state index in [-0.39, 0.29) is 41.6 Å². The summed E-state index contributed by atoms with van der Waals surface area (Å²) in [5.41, 5.74) is 1.14. The number of hydrogen-bond acceptors (Lipinski definition) is 8. The second kappa shape index (κ2) is 8.12. The minimum atomic E-state index is -3.93. The highest BCUT2D eigenvalue weighted by Gasteiger charge is 2.35. The molecular weight excluding hydrogens is 486 g/mol. The van der Waals surface area contributed by atoms with Crippen LogP contribution in [0.15, 0.2) is 49.3 Å². The van der Waals surface area contributed by atoms with E-state index >= 15 is 0 Å². The molecule has 0 aliphatic carbocycles. The number of fused-ring (bicyclic) bond motifs is 2. The zero-order valence-electron chi connectivity index (χ0n) is 18.6. The molecule has 3 aromatic rings. The fourth-order valence-electron chi connectivity index (χ4n) is 4.16. The van der Waals surface area contributed by atoms with E-state index in [2.05, 4.69) is 0 Å². The first-order valence-corrected chi connectivity index (χ1v) is 13.5. The molecule has 3 heterocycles. The van der Waals surface area contributed by atoms with Crippen LogP contribution in [-0.2, 0) is 27.1 Å². The van der Waals surface area contributed by atoms with E-state index in [0.717, 1.165) is 0 Å². The lowest BCUT2D eigenvalue weighted by molar-refractivity contribution is 0.171. The average molecular weight is 510 g/mol. The molecule has 1 fully saturated rings. The molecule has 13 heteroatoms. The van der Waals surface area contributed by atoms with Crippen LogP contribution in [0.1, 0.15) is 5.56 Å². The van der Waals surface area contributed by atoms with Gasteiger partial charge in [-0.2, -0.15) is 8.61 Å². The smallest absolute Gasteiger partial charge is 0.419 e. The Morgan fingerprint density at radius 3 is 2.12 bits per heavy atom. The summed E-state index contributed by atoms with van der Waals surface area (Å²) in [5.74, 6) is 0.275. The van der Waals surface area contributed by atoms with Gasteiger partial charge in [-0.05, 0) is 30.7 Å². The van der Waals surface area contributed by atoms with Crippen molar-refractivity contribution in [2.75, 3.05) is 39.4 Å². The number of piperazine rings is 1. The number of ether oxygens (including phenoxy) is 2. The Morgan fingerprint density at radius 2 is 1.44 bits per heavy atom. The lowest BCUT2D eigenvalue weighted by Crippen LogP contribution is -2.50. The van der Waals surface area contributed by atoms with Gasteiger partial charge in [-0.15, -0.1) is 0 Å². The van der Waals surface area contributed by atoms with Gasteiger partial charge in [0.1, 0.15) is 13.2 Å². The Kier molecular flexibility index (Phi) is 5.47. The summed E-state index contributed by atoms with van der Waals surface area (Å²) in [7, 11) is -6.23. The molecule has 2 aromatic carbocycles. The van der Waals surface area contributed by atoms with Crippen LogP contribution in [0.25, 0.3) is 11.1 Å². The number of benzene rings is 2. The van der Waals surface area contributed by atoms with Gasteiger partial charge in [0.2, 0.25) is 20.0 Å². The van der Waals surface area contributed by atoms with E-state index in [1.165, 1.54) is 31.4 Å². The van der Waals surface area contributed by atoms with E-state index in [1.807, 2.05) is 0 Å². The topological polar surface area (TPSA) is 128 Å². The van der Waals surface area contributed by atoms with Gasteiger partial charge in [-0.25, -0.2) is 21.6 Å². The van der Waals surface area contributed by atoms with Crippen LogP contribution in [0, 0.1) is 6.92 Å². The molecule has 0 N–H and O–H groups in total. The molecule has 11 nitrogen and oxygen atoms in total. The van der Waals surface area contributed by atoms with E-state index in [9.17, 15) is 21.6 Å². The molecule has 0 atom stereocenters. The van der Waals surface area contributed by atoms with Crippen molar-refractivity contribution in [3.05, 3.63) is 46.4 Å². The van der Waals surface area contributed by atoms with Gasteiger partial charge < -0.3 is 13.9 Å². The second-order valence-electron chi connectivity index (χ2n) is 8.13. The summed E-state index contributed by atoms with van der Waals surface area (Å²) < 4.78 is 72.9. The van der Waals surface area contributed by atoms with Crippen molar-refractivity contribution in [3.8, 4) is 11.5 Å². The summed E-state index contributed by atoms with van der Waals surface area (Å²) in [6.07, 6.45) is 0. The standard InChI is InChI=1S/C21H23N3O8S2/c1-14-11-16-18(32-21(25)22(16)2)13-20(14)34(28,29)24-7-5-23(6-8-24)33(26,27)15-3-4-17-19(12-15)31-10-9-30-17/h3-4,11-13H,5-10H2,1-2H3. The van der Waals surface area contributed by atoms with Crippen LogP contribution < -0.4 is 15.2 Å². The Labute approximate surface area is 196 Å². The van der Waals surface area contributed by atoms with Gasteiger partial charge in [0.25, 0.3) is 0 Å². The Hall–Kier alpha value is -2.87. The molecule has 0 radical (unpaired) electrons. The fourth-order valence-corrected chi connectivity index (χ4v) is 7.24. The predicted molar refractivity (Wildman–Crippen MR) is 121 cm³/mol. The van der Waals surface area contributed by atoms with E-state index < -0.39 is 25.8 Å². The van der Waals surface area contributed by atoms with Crippen molar-refractivity contribution in [2.45, 2.75) is 16.7 Å². The summed E-state index contributed by atoms with van der Waals surface area (Å²) in [6.45, 7) is 2.36. The van der Waals surface area contributed by atoms with Crippen molar-refractivity contribution in [2.24, 2.45) is 7.05 Å². The Balaban J connectivity index is 1.37. The minimum Gasteiger partial charge on any atom is -0.486 e. The lowest BCUT2D eigenvalue weighted by Gasteiger charge is -2.33. The van der Waals surface area contributed by atoms with Gasteiger partial charge in [0.15, 0.2) is 17.1 Å². The first kappa shape index (κ1) is 22.9. The highest BCUT2D eigenvalue weighted by Crippen LogP contribution is 2.34. The predicted octanol–water partition coefficient (Wildman–Crippen LogP) is 0.906. The van der Waals surface area contributed by atoms with Crippen molar-refractivity contribution < 1.29 is 30.7 Å². The third kappa shape index (κ3) is 3.68. The molecular formula is C21H23N3O8S2. The largest absolute Gasteiger partial charge is 0.486 e. The maximum Gasteiger partial charge on any atom is 0.419 e. The third-order valence-corrected chi connectivity index (χ3v) is 9.99. The van der Waals surface area contributed by atoms with E-state index in [0.29, 0.717) is 35.8 Å². The van der Waals surface area contributed by atoms with E-state index in [1.54, 1.807) is 26.1 Å². The molecule has 0 saturated carbocycles. The molecule has 182 valence electrons. The van der Waals surface area contributed by atoms with Crippen LogP contribution >= 0.6 is 0 Å². The molecule has 2 aliphatic heterocycles. The zero-order valence-corrected chi connectivity index (χ0v) is 20.2. The second-order valence-corrected chi connectivity index (χ2v) is 12.0. The minimum absolute atomic E-state index is 0.00226. The maximum absolute atomic E-state index is 13.3. The Morgan fingerprint density at radius 1 is 0.824 bits per heavy atom. The first-order valence-electron chi connectivity index (χ1n) is 10.6. The molecule has 5 rings (SSSR count). The molecule has 0 amide bonds. The molecule has 1 aromatic heterocycles. The van der Waals surface area contributed by atoms with Gasteiger partial charge >= 0.3 is 5.76 Å². The quantitative estimate of drug-likeness (QED) is 0.508. The normalized spacial score (nSPS) is 17.8. The number of nitrogens with zero attached hydrogens (tertiary/aromatic N) is 3. The number of aryl methyl sites for hydroxylation is 2. The molecule has 2 aliphatic rings. The highest BCUT2D eigenvalue weighted by atomic mass is 32.2. The number of aromatic nitrogens is 1. The lowest BCUT2D eigenvalue weighted by atomic mass is 10.2. The van der Waals surface area contributed by atoms with Crippen LogP contribution in [-0.4, -0.2) is 69.4 Å². The van der Waals surface area contributed by atoms with E-state index in [4.69, 9.17) is 13.9 Å². The molecule has 1 saturated heterocycles. The first-order chi connectivity index (χ1) is 16.1. The summed E-state index contributed by atoms with van der Waals surface area (Å²) >= 11 is 0. The number of oxazole rings is 1. The van der Waals surface area contributed by atoms with Crippen LogP contribution in [0.5, 0.6) is 11.5 Å². The average Bonchev–Trinajstić information content (AvgIpc) is 3.11. The summed E-state index contributed by atoms with van der Waals surface area (Å²) in [5, 5.41) is 0. The molecule has 34 heavy (non-hydrogen) atoms. The third-order valence-electron chi connectivity index (χ3n) is 6.06. The van der Waals surface area contributed by atoms with Crippen LogP contribution in [0.4, 0.5) is 0 Å². The fraction of sp³-hybridized carbons (Fsp3) is 0.381. The van der Waals surface area contributed by atoms with Crippen molar-refractivity contribution >= 4 is 31.1 Å². The van der Waals surface area contributed by atoms with Gasteiger partial charge in [0.05, 0.1) is 15.3 Å². The number of sulfonamides is 2. The molecule has 0 unspecified atom stereocenters. The van der Waals surface area contributed by atoms with Gasteiger partial charge in [-0.3, -0.25) is 4.57 Å². The van der Waals surface area contributed by atoms with Crippen LogP contribution in [0.3, 0.4) is 0 Å². The Bertz CT molecular complexity index is 1550. The molecule has 0 spiro atoms. The number of rotatable bonds is 4. The summed E-state index contributed by atoms with van der Waals surface area (Å²) in [6, 6.07) is 7.38. The van der Waals surface area contributed by atoms with Crippen LogP contribution in [0.2, 0.25) is 0 Å². The summed E-state index contributed by atoms with van der Waals surface area (Å²) in [4.78, 5) is 11.9. The highest BCUT2D eigenvalue weighted by molar-refractivity contribution is 7.89. The SMILES string of the molecule is Cc1cc2c(cc1S(=O)(=O)N1CCN(S(=O)(=O)c3ccc4c(c3)OCCO4)CC1)oc(=O)n2C. The van der Waals surface area contributed by atoms with Gasteiger partial charge in [0, 0.05) is 45.4 Å². The van der Waals surface area contributed by atoms with Gasteiger partial charge in [-0.1, -0.05) is 0 Å². The van der Waals surface area contributed by atoms with Crippen molar-refractivity contribution in [3.63, 3.8) is 0 Å². The zero-order chi connectivity index (χ0) is 24.3. The monoisotopic (exact) mass is 509 g/mol. The van der Waals surface area contributed by atoms with Crippen molar-refractivity contribution in [1.82, 2.24) is 13.2 Å². The maximum atomic E-state index is 13.3. The number of hydrogen-bond donors (Lipinski definition) is 0. The van der Waals surface area contributed by atoms with Crippen molar-refractivity contribution in [1.29, 1.82) is 0 Å².